The predicted molar refractivity (Wildman–Crippen MR) is 120 cm³/mol. The van der Waals surface area contributed by atoms with Crippen molar-refractivity contribution < 1.29 is 14.3 Å². The summed E-state index contributed by atoms with van der Waals surface area (Å²) in [6.45, 7) is 8.27. The second-order valence-electron chi connectivity index (χ2n) is 7.54. The molecule has 0 saturated heterocycles. The van der Waals surface area contributed by atoms with Gasteiger partial charge in [-0.1, -0.05) is 63.2 Å². The maximum atomic E-state index is 13.1. The van der Waals surface area contributed by atoms with E-state index in [1.54, 1.807) is 4.90 Å². The largest absolute Gasteiger partial charge is 0.484 e. The Bertz CT molecular complexity index is 790. The van der Waals surface area contributed by atoms with Crippen LogP contribution in [0.25, 0.3) is 0 Å². The van der Waals surface area contributed by atoms with Crippen LogP contribution in [0.5, 0.6) is 5.75 Å². The minimum absolute atomic E-state index is 0.0635. The molecule has 162 valence electrons. The van der Waals surface area contributed by atoms with Crippen molar-refractivity contribution in [1.29, 1.82) is 0 Å². The van der Waals surface area contributed by atoms with Gasteiger partial charge in [0.25, 0.3) is 5.91 Å². The van der Waals surface area contributed by atoms with Crippen molar-refractivity contribution in [1.82, 2.24) is 10.2 Å². The number of carbonyl (C=O) groups excluding carboxylic acids is 2. The molecule has 0 heterocycles. The predicted octanol–water partition coefficient (Wildman–Crippen LogP) is 4.35. The normalized spacial score (nSPS) is 12.7. The molecule has 30 heavy (non-hydrogen) atoms. The van der Waals surface area contributed by atoms with Gasteiger partial charge in [-0.15, -0.1) is 0 Å². The number of hydrogen-bond donors (Lipinski definition) is 1. The second kappa shape index (κ2) is 12.0. The first-order chi connectivity index (χ1) is 14.5. The van der Waals surface area contributed by atoms with Crippen LogP contribution in [0.4, 0.5) is 0 Å². The van der Waals surface area contributed by atoms with E-state index < -0.39 is 6.04 Å². The van der Waals surface area contributed by atoms with Crippen molar-refractivity contribution in [3.05, 3.63) is 65.7 Å². The Labute approximate surface area is 180 Å². The van der Waals surface area contributed by atoms with E-state index in [4.69, 9.17) is 4.74 Å². The molecule has 2 aromatic rings. The van der Waals surface area contributed by atoms with Crippen molar-refractivity contribution in [2.45, 2.75) is 65.6 Å². The molecule has 0 aliphatic heterocycles. The van der Waals surface area contributed by atoms with Crippen molar-refractivity contribution in [2.24, 2.45) is 0 Å². The van der Waals surface area contributed by atoms with E-state index in [1.807, 2.05) is 75.4 Å². The number of nitrogens with one attached hydrogen (secondary N) is 1. The summed E-state index contributed by atoms with van der Waals surface area (Å²) in [5.41, 5.74) is 2.19. The number of aryl methyl sites for hydroxylation is 1. The van der Waals surface area contributed by atoms with Gasteiger partial charge in [-0.25, -0.2) is 0 Å². The molecule has 5 nitrogen and oxygen atoms in total. The van der Waals surface area contributed by atoms with Gasteiger partial charge < -0.3 is 15.0 Å². The average molecular weight is 411 g/mol. The fourth-order valence-corrected chi connectivity index (χ4v) is 3.19. The van der Waals surface area contributed by atoms with Gasteiger partial charge in [-0.3, -0.25) is 9.59 Å². The van der Waals surface area contributed by atoms with Gasteiger partial charge in [-0.05, 0) is 49.4 Å². The zero-order valence-corrected chi connectivity index (χ0v) is 18.6. The molecular formula is C25H34N2O3. The molecule has 1 N–H and O–H groups in total. The SMILES string of the molecule is CCc1ccc(OCC(=O)N(Cc2ccccc2)[C@H](CC)C(=O)N[C@H](C)CC)cc1. The molecule has 0 aliphatic rings. The highest BCUT2D eigenvalue weighted by Gasteiger charge is 2.29. The summed E-state index contributed by atoms with van der Waals surface area (Å²) >= 11 is 0. The summed E-state index contributed by atoms with van der Waals surface area (Å²) in [5.74, 6) is 0.324. The molecule has 2 amide bonds. The molecule has 0 fully saturated rings. The molecule has 0 aromatic heterocycles. The number of carbonyl (C=O) groups is 2. The highest BCUT2D eigenvalue weighted by Crippen LogP contribution is 2.16. The van der Waals surface area contributed by atoms with Gasteiger partial charge in [0, 0.05) is 12.6 Å². The molecule has 2 aromatic carbocycles. The molecule has 2 atom stereocenters. The minimum atomic E-state index is -0.544. The molecule has 0 bridgehead atoms. The van der Waals surface area contributed by atoms with E-state index >= 15 is 0 Å². The van der Waals surface area contributed by atoms with E-state index in [-0.39, 0.29) is 24.5 Å². The lowest BCUT2D eigenvalue weighted by atomic mass is 10.1. The van der Waals surface area contributed by atoms with E-state index in [1.165, 1.54) is 5.56 Å². The van der Waals surface area contributed by atoms with Crippen LogP contribution < -0.4 is 10.1 Å². The standard InChI is InChI=1S/C25H34N2O3/c1-5-19(4)26-25(29)23(7-3)27(17-21-11-9-8-10-12-21)24(28)18-30-22-15-13-20(6-2)14-16-22/h8-16,19,23H,5-7,17-18H2,1-4H3,(H,26,29)/t19-,23-/m1/s1. The lowest BCUT2D eigenvalue weighted by molar-refractivity contribution is -0.143. The first-order valence-corrected chi connectivity index (χ1v) is 10.8. The summed E-state index contributed by atoms with van der Waals surface area (Å²) in [6.07, 6.45) is 2.32. The second-order valence-corrected chi connectivity index (χ2v) is 7.54. The van der Waals surface area contributed by atoms with Crippen LogP contribution in [0.3, 0.4) is 0 Å². The Morgan fingerprint density at radius 2 is 1.60 bits per heavy atom. The first kappa shape index (κ1) is 23.5. The summed E-state index contributed by atoms with van der Waals surface area (Å²) < 4.78 is 5.74. The van der Waals surface area contributed by atoms with Crippen molar-refractivity contribution in [3.63, 3.8) is 0 Å². The van der Waals surface area contributed by atoms with Crippen LogP contribution >= 0.6 is 0 Å². The van der Waals surface area contributed by atoms with Crippen molar-refractivity contribution >= 4 is 11.8 Å². The Morgan fingerprint density at radius 3 is 2.17 bits per heavy atom. The van der Waals surface area contributed by atoms with Crippen molar-refractivity contribution in [3.8, 4) is 5.75 Å². The van der Waals surface area contributed by atoms with E-state index in [2.05, 4.69) is 12.2 Å². The van der Waals surface area contributed by atoms with Gasteiger partial charge in [0.1, 0.15) is 11.8 Å². The van der Waals surface area contributed by atoms with Crippen LogP contribution in [0.2, 0.25) is 0 Å². The third-order valence-corrected chi connectivity index (χ3v) is 5.28. The number of amides is 2. The molecule has 0 radical (unpaired) electrons. The zero-order chi connectivity index (χ0) is 21.9. The quantitative estimate of drug-likeness (QED) is 0.599. The molecule has 0 saturated carbocycles. The summed E-state index contributed by atoms with van der Waals surface area (Å²) in [5, 5.41) is 3.01. The third-order valence-electron chi connectivity index (χ3n) is 5.28. The summed E-state index contributed by atoms with van der Waals surface area (Å²) in [7, 11) is 0. The fourth-order valence-electron chi connectivity index (χ4n) is 3.19. The molecule has 5 heteroatoms. The van der Waals surface area contributed by atoms with Gasteiger partial charge in [0.05, 0.1) is 0 Å². The number of benzene rings is 2. The fraction of sp³-hybridized carbons (Fsp3) is 0.440. The summed E-state index contributed by atoms with van der Waals surface area (Å²) in [6, 6.07) is 17.0. The van der Waals surface area contributed by atoms with Crippen LogP contribution in [-0.2, 0) is 22.6 Å². The summed E-state index contributed by atoms with van der Waals surface area (Å²) in [4.78, 5) is 27.6. The monoisotopic (exact) mass is 410 g/mol. The van der Waals surface area contributed by atoms with Gasteiger partial charge in [0.2, 0.25) is 5.91 Å². The molecule has 0 aliphatic carbocycles. The molecule has 0 unspecified atom stereocenters. The number of rotatable bonds is 11. The number of nitrogens with zero attached hydrogens (tertiary/aromatic N) is 1. The van der Waals surface area contributed by atoms with E-state index in [9.17, 15) is 9.59 Å². The highest BCUT2D eigenvalue weighted by atomic mass is 16.5. The molecule has 2 rings (SSSR count). The van der Waals surface area contributed by atoms with Crippen LogP contribution in [0, 0.1) is 0 Å². The van der Waals surface area contributed by atoms with Crippen LogP contribution in [0.15, 0.2) is 54.6 Å². The number of hydrogen-bond acceptors (Lipinski definition) is 3. The highest BCUT2D eigenvalue weighted by molar-refractivity contribution is 5.88. The molecular weight excluding hydrogens is 376 g/mol. The van der Waals surface area contributed by atoms with Crippen molar-refractivity contribution in [2.75, 3.05) is 6.61 Å². The van der Waals surface area contributed by atoms with Crippen LogP contribution in [-0.4, -0.2) is 35.4 Å². The third kappa shape index (κ3) is 6.90. The van der Waals surface area contributed by atoms with Gasteiger partial charge in [-0.2, -0.15) is 0 Å². The van der Waals surface area contributed by atoms with Gasteiger partial charge in [0.15, 0.2) is 6.61 Å². The van der Waals surface area contributed by atoms with Gasteiger partial charge >= 0.3 is 0 Å². The smallest absolute Gasteiger partial charge is 0.261 e. The number of ether oxygens (including phenoxy) is 1. The topological polar surface area (TPSA) is 58.6 Å². The first-order valence-electron chi connectivity index (χ1n) is 10.8. The lowest BCUT2D eigenvalue weighted by Gasteiger charge is -2.31. The Hall–Kier alpha value is -2.82. The lowest BCUT2D eigenvalue weighted by Crippen LogP contribution is -2.51. The zero-order valence-electron chi connectivity index (χ0n) is 18.6. The average Bonchev–Trinajstić information content (AvgIpc) is 2.78. The van der Waals surface area contributed by atoms with E-state index in [0.717, 1.165) is 18.4 Å². The molecule has 0 spiro atoms. The van der Waals surface area contributed by atoms with Crippen LogP contribution in [0.1, 0.15) is 51.7 Å². The Kier molecular flexibility index (Phi) is 9.39. The minimum Gasteiger partial charge on any atom is -0.484 e. The maximum absolute atomic E-state index is 13.1. The maximum Gasteiger partial charge on any atom is 0.261 e. The van der Waals surface area contributed by atoms with E-state index in [0.29, 0.717) is 18.7 Å². The Morgan fingerprint density at radius 1 is 0.933 bits per heavy atom. The Balaban J connectivity index is 2.15.